The van der Waals surface area contributed by atoms with Crippen LogP contribution in [0.1, 0.15) is 26.2 Å². The Bertz CT molecular complexity index is 249. The van der Waals surface area contributed by atoms with E-state index in [1.54, 1.807) is 6.92 Å². The lowest BCUT2D eigenvalue weighted by molar-refractivity contribution is 0.164. The van der Waals surface area contributed by atoms with E-state index in [2.05, 4.69) is 4.90 Å². The van der Waals surface area contributed by atoms with Gasteiger partial charge in [0.15, 0.2) is 0 Å². The molecule has 0 aromatic rings. The van der Waals surface area contributed by atoms with Crippen molar-refractivity contribution < 1.29 is 13.5 Å². The molecule has 0 bridgehead atoms. The third-order valence-electron chi connectivity index (χ3n) is 2.23. The smallest absolute Gasteiger partial charge is 0.147 e. The molecule has 0 fully saturated rings. The molecule has 0 aromatic carbocycles. The zero-order valence-corrected chi connectivity index (χ0v) is 10.8. The number of nitrogens with zero attached hydrogens (tertiary/aromatic N) is 1. The normalized spacial score (nSPS) is 14.5. The molecule has 0 amide bonds. The van der Waals surface area contributed by atoms with Crippen LogP contribution in [0.5, 0.6) is 0 Å². The second-order valence-corrected chi connectivity index (χ2v) is 6.54. The summed E-state index contributed by atoms with van der Waals surface area (Å²) in [7, 11) is -0.817. The minimum absolute atomic E-state index is 0.261. The number of unbranched alkanes of at least 4 members (excludes halogenated alkanes) is 1. The molecule has 0 aromatic heterocycles. The summed E-state index contributed by atoms with van der Waals surface area (Å²) >= 11 is 0. The Morgan fingerprint density at radius 2 is 1.87 bits per heavy atom. The maximum atomic E-state index is 10.8. The Morgan fingerprint density at radius 1 is 1.27 bits per heavy atom. The Morgan fingerprint density at radius 3 is 2.33 bits per heavy atom. The van der Waals surface area contributed by atoms with E-state index in [9.17, 15) is 8.42 Å². The summed E-state index contributed by atoms with van der Waals surface area (Å²) in [4.78, 5) is 2.12. The second-order valence-electron chi connectivity index (χ2n) is 4.28. The van der Waals surface area contributed by atoms with Gasteiger partial charge in [-0.15, -0.1) is 0 Å². The van der Waals surface area contributed by atoms with Crippen LogP contribution in [0.15, 0.2) is 0 Å². The fraction of sp³-hybridized carbons (Fsp3) is 1.00. The molecule has 4 nitrogen and oxygen atoms in total. The first kappa shape index (κ1) is 14.9. The SMILES string of the molecule is CC(O)CCN(C)CCCCS(C)(=O)=O. The molecule has 1 N–H and O–H groups in total. The average molecular weight is 237 g/mol. The summed E-state index contributed by atoms with van der Waals surface area (Å²) in [6.45, 7) is 3.52. The molecule has 1 atom stereocenters. The minimum Gasteiger partial charge on any atom is -0.393 e. The molecule has 0 heterocycles. The maximum absolute atomic E-state index is 10.8. The van der Waals surface area contributed by atoms with Crippen LogP contribution in [0.4, 0.5) is 0 Å². The van der Waals surface area contributed by atoms with Gasteiger partial charge in [0.2, 0.25) is 0 Å². The van der Waals surface area contributed by atoms with Gasteiger partial charge >= 0.3 is 0 Å². The standard InChI is InChI=1S/C10H23NO3S/c1-10(12)6-8-11(2)7-4-5-9-15(3,13)14/h10,12H,4-9H2,1-3H3. The lowest BCUT2D eigenvalue weighted by Crippen LogP contribution is -2.24. The van der Waals surface area contributed by atoms with Crippen LogP contribution in [-0.4, -0.2) is 56.7 Å². The molecule has 1 unspecified atom stereocenters. The molecule has 0 saturated heterocycles. The van der Waals surface area contributed by atoms with Crippen molar-refractivity contribution in [2.75, 3.05) is 32.1 Å². The lowest BCUT2D eigenvalue weighted by atomic mass is 10.2. The van der Waals surface area contributed by atoms with Gasteiger partial charge in [0.05, 0.1) is 6.10 Å². The first-order valence-corrected chi connectivity index (χ1v) is 7.41. The Hall–Kier alpha value is -0.130. The largest absolute Gasteiger partial charge is 0.393 e. The fourth-order valence-electron chi connectivity index (χ4n) is 1.26. The highest BCUT2D eigenvalue weighted by Gasteiger charge is 2.04. The third-order valence-corrected chi connectivity index (χ3v) is 3.26. The second kappa shape index (κ2) is 7.19. The van der Waals surface area contributed by atoms with Crippen molar-refractivity contribution in [2.24, 2.45) is 0 Å². The molecule has 92 valence electrons. The first-order valence-electron chi connectivity index (χ1n) is 5.35. The molecular weight excluding hydrogens is 214 g/mol. The fourth-order valence-corrected chi connectivity index (χ4v) is 1.99. The topological polar surface area (TPSA) is 57.6 Å². The van der Waals surface area contributed by atoms with Gasteiger partial charge in [-0.1, -0.05) is 0 Å². The van der Waals surface area contributed by atoms with E-state index in [0.29, 0.717) is 0 Å². The summed E-state index contributed by atoms with van der Waals surface area (Å²) in [5.41, 5.74) is 0. The Balaban J connectivity index is 3.43. The number of aliphatic hydroxyl groups is 1. The van der Waals surface area contributed by atoms with E-state index >= 15 is 0 Å². The highest BCUT2D eigenvalue weighted by molar-refractivity contribution is 7.90. The van der Waals surface area contributed by atoms with Crippen LogP contribution in [-0.2, 0) is 9.84 Å². The van der Waals surface area contributed by atoms with Crippen molar-refractivity contribution >= 4 is 9.84 Å². The molecule has 0 aliphatic carbocycles. The number of rotatable bonds is 8. The number of hydrogen-bond acceptors (Lipinski definition) is 4. The van der Waals surface area contributed by atoms with E-state index < -0.39 is 9.84 Å². The number of aliphatic hydroxyl groups excluding tert-OH is 1. The van der Waals surface area contributed by atoms with Gasteiger partial charge in [-0.2, -0.15) is 0 Å². The molecule has 5 heteroatoms. The van der Waals surface area contributed by atoms with Gasteiger partial charge in [0.1, 0.15) is 9.84 Å². The minimum atomic E-state index is -2.81. The quantitative estimate of drug-likeness (QED) is 0.625. The molecule has 0 saturated carbocycles. The average Bonchev–Trinajstić information content (AvgIpc) is 2.07. The number of sulfone groups is 1. The summed E-state index contributed by atoms with van der Waals surface area (Å²) in [6, 6.07) is 0. The number of hydrogen-bond donors (Lipinski definition) is 1. The van der Waals surface area contributed by atoms with Crippen molar-refractivity contribution in [3.05, 3.63) is 0 Å². The van der Waals surface area contributed by atoms with E-state index in [1.807, 2.05) is 7.05 Å². The highest BCUT2D eigenvalue weighted by Crippen LogP contribution is 1.98. The molecule has 0 rings (SSSR count). The van der Waals surface area contributed by atoms with Crippen LogP contribution in [0.2, 0.25) is 0 Å². The monoisotopic (exact) mass is 237 g/mol. The maximum Gasteiger partial charge on any atom is 0.147 e. The molecule has 0 spiro atoms. The molecule has 0 aliphatic heterocycles. The molecule has 0 aliphatic rings. The van der Waals surface area contributed by atoms with Gasteiger partial charge in [0, 0.05) is 18.6 Å². The van der Waals surface area contributed by atoms with Crippen molar-refractivity contribution in [1.82, 2.24) is 4.90 Å². The van der Waals surface area contributed by atoms with Crippen molar-refractivity contribution in [3.8, 4) is 0 Å². The van der Waals surface area contributed by atoms with Crippen LogP contribution in [0.3, 0.4) is 0 Å². The van der Waals surface area contributed by atoms with E-state index in [4.69, 9.17) is 5.11 Å². The lowest BCUT2D eigenvalue weighted by Gasteiger charge is -2.16. The third kappa shape index (κ3) is 11.8. The van der Waals surface area contributed by atoms with Crippen LogP contribution in [0, 0.1) is 0 Å². The zero-order valence-electron chi connectivity index (χ0n) is 9.94. The summed E-state index contributed by atoms with van der Waals surface area (Å²) in [5, 5.41) is 9.07. The first-order chi connectivity index (χ1) is 6.81. The van der Waals surface area contributed by atoms with Gasteiger partial charge < -0.3 is 10.0 Å². The van der Waals surface area contributed by atoms with Crippen molar-refractivity contribution in [2.45, 2.75) is 32.3 Å². The molecular formula is C10H23NO3S. The Labute approximate surface area is 93.2 Å². The highest BCUT2D eigenvalue weighted by atomic mass is 32.2. The van der Waals surface area contributed by atoms with Crippen LogP contribution in [0.25, 0.3) is 0 Å². The zero-order chi connectivity index (χ0) is 11.9. The van der Waals surface area contributed by atoms with Gasteiger partial charge in [0.25, 0.3) is 0 Å². The van der Waals surface area contributed by atoms with E-state index in [0.717, 1.165) is 32.4 Å². The van der Waals surface area contributed by atoms with E-state index in [1.165, 1.54) is 6.26 Å². The van der Waals surface area contributed by atoms with E-state index in [-0.39, 0.29) is 11.9 Å². The molecule has 15 heavy (non-hydrogen) atoms. The van der Waals surface area contributed by atoms with Crippen LogP contribution >= 0.6 is 0 Å². The summed E-state index contributed by atoms with van der Waals surface area (Å²) in [6.07, 6.45) is 3.39. The Kier molecular flexibility index (Phi) is 7.13. The summed E-state index contributed by atoms with van der Waals surface area (Å²) < 4.78 is 21.7. The van der Waals surface area contributed by atoms with Crippen molar-refractivity contribution in [3.63, 3.8) is 0 Å². The predicted octanol–water partition coefficient (Wildman–Crippen LogP) is 0.514. The molecule has 0 radical (unpaired) electrons. The van der Waals surface area contributed by atoms with Gasteiger partial charge in [-0.05, 0) is 39.8 Å². The van der Waals surface area contributed by atoms with Crippen LogP contribution < -0.4 is 0 Å². The van der Waals surface area contributed by atoms with Gasteiger partial charge in [-0.3, -0.25) is 0 Å². The van der Waals surface area contributed by atoms with Crippen molar-refractivity contribution in [1.29, 1.82) is 0 Å². The summed E-state index contributed by atoms with van der Waals surface area (Å²) in [5.74, 6) is 0.275. The predicted molar refractivity (Wildman–Crippen MR) is 62.7 cm³/mol. The van der Waals surface area contributed by atoms with Gasteiger partial charge in [-0.25, -0.2) is 8.42 Å².